The fourth-order valence-corrected chi connectivity index (χ4v) is 7.23. The van der Waals surface area contributed by atoms with Crippen molar-refractivity contribution >= 4 is 80.8 Å². The molecule has 3 atom stereocenters. The quantitative estimate of drug-likeness (QED) is 0.0502. The number of nitrogens with zero attached hydrogens (tertiary/aromatic N) is 5. The van der Waals surface area contributed by atoms with Crippen LogP contribution < -0.4 is 32.8 Å². The van der Waals surface area contributed by atoms with Crippen LogP contribution in [0, 0.1) is 5.41 Å². The highest BCUT2D eigenvalue weighted by Gasteiger charge is 2.57. The molecule has 4 heterocycles. The summed E-state index contributed by atoms with van der Waals surface area (Å²) >= 11 is 3.57. The molecule has 0 aromatic carbocycles. The van der Waals surface area contributed by atoms with Crippen LogP contribution >= 0.6 is 34.9 Å². The highest BCUT2D eigenvalue weighted by Crippen LogP contribution is 2.44. The number of amides is 2. The van der Waals surface area contributed by atoms with Gasteiger partial charge in [0.1, 0.15) is 29.1 Å². The first-order valence-electron chi connectivity index (χ1n) is 11.2. The van der Waals surface area contributed by atoms with Crippen LogP contribution in [-0.4, -0.2) is 79.5 Å². The average molecular weight is 584 g/mol. The van der Waals surface area contributed by atoms with Crippen LogP contribution in [0.5, 0.6) is 0 Å². The molecule has 2 fully saturated rings. The Balaban J connectivity index is 1.45. The Morgan fingerprint density at radius 3 is 2.74 bits per heavy atom. The number of rotatable bonds is 9. The van der Waals surface area contributed by atoms with E-state index in [4.69, 9.17) is 27.8 Å². The van der Waals surface area contributed by atoms with E-state index in [1.165, 1.54) is 21.2 Å². The van der Waals surface area contributed by atoms with Gasteiger partial charge in [-0.25, -0.2) is 9.55 Å². The Labute approximate surface area is 229 Å². The Hall–Kier alpha value is -3.51. The number of fused-ring (bicyclic) bond motifs is 1. The molecule has 2 unspecified atom stereocenters. The molecule has 0 spiro atoms. The van der Waals surface area contributed by atoms with Crippen LogP contribution in [0.15, 0.2) is 15.7 Å². The number of oxime groups is 1. The van der Waals surface area contributed by atoms with Gasteiger partial charge in [-0.1, -0.05) is 21.9 Å². The second-order valence-electron chi connectivity index (χ2n) is 8.56. The fraction of sp³-hybridized carbons (Fsp3) is 0.450. The van der Waals surface area contributed by atoms with Gasteiger partial charge in [-0.15, -0.1) is 23.1 Å². The van der Waals surface area contributed by atoms with Gasteiger partial charge < -0.3 is 43.1 Å². The number of thioether (sulfide) groups is 2. The van der Waals surface area contributed by atoms with Crippen molar-refractivity contribution in [3.63, 3.8) is 0 Å². The number of anilines is 4. The van der Waals surface area contributed by atoms with Crippen molar-refractivity contribution in [3.8, 4) is 0 Å². The summed E-state index contributed by atoms with van der Waals surface area (Å²) in [4.78, 5) is 53.1. The highest BCUT2D eigenvalue weighted by molar-refractivity contribution is 8.00. The molecule has 2 aliphatic rings. The second-order valence-corrected chi connectivity index (χ2v) is 11.5. The molecule has 0 bridgehead atoms. The van der Waals surface area contributed by atoms with Crippen molar-refractivity contribution in [2.75, 3.05) is 47.6 Å². The van der Waals surface area contributed by atoms with Crippen LogP contribution in [0.3, 0.4) is 0 Å². The zero-order valence-electron chi connectivity index (χ0n) is 20.4. The van der Waals surface area contributed by atoms with Crippen molar-refractivity contribution in [1.29, 1.82) is 0 Å². The topological polar surface area (TPSA) is 242 Å². The number of nitrogen functional groups attached to an aromatic ring is 4. The van der Waals surface area contributed by atoms with Gasteiger partial charge >= 0.3 is 11.1 Å². The molecule has 2 aliphatic heterocycles. The van der Waals surface area contributed by atoms with Gasteiger partial charge in [0, 0.05) is 23.4 Å². The fourth-order valence-electron chi connectivity index (χ4n) is 3.83. The smallest absolute Gasteiger partial charge is 0.313 e. The number of hydrogen-bond donors (Lipinski definition) is 6. The van der Waals surface area contributed by atoms with Crippen LogP contribution in [0.25, 0.3) is 0 Å². The summed E-state index contributed by atoms with van der Waals surface area (Å²) in [7, 11) is 1.65. The van der Waals surface area contributed by atoms with E-state index in [2.05, 4.69) is 20.4 Å². The minimum atomic E-state index is -1.27. The zero-order valence-corrected chi connectivity index (χ0v) is 22.9. The van der Waals surface area contributed by atoms with Gasteiger partial charge in [0.25, 0.3) is 5.91 Å². The molecule has 15 nitrogen and oxygen atoms in total. The summed E-state index contributed by atoms with van der Waals surface area (Å²) in [6.07, 6.45) is 0. The number of aromatic nitrogens is 3. The third kappa shape index (κ3) is 4.97. The summed E-state index contributed by atoms with van der Waals surface area (Å²) in [5.41, 5.74) is 22.3. The van der Waals surface area contributed by atoms with Crippen LogP contribution in [0.4, 0.5) is 22.5 Å². The molecule has 10 N–H and O–H groups in total. The average Bonchev–Trinajstić information content (AvgIpc) is 3.32. The predicted molar refractivity (Wildman–Crippen MR) is 144 cm³/mol. The highest BCUT2D eigenvalue weighted by atomic mass is 32.2. The maximum Gasteiger partial charge on any atom is 0.313 e. The lowest BCUT2D eigenvalue weighted by Gasteiger charge is -2.53. The number of nitrogens with two attached hydrogens (primary N) is 4. The lowest BCUT2D eigenvalue weighted by molar-refractivity contribution is -0.698. The first-order valence-corrected chi connectivity index (χ1v) is 14.1. The van der Waals surface area contributed by atoms with Crippen molar-refractivity contribution in [2.45, 2.75) is 23.5 Å². The van der Waals surface area contributed by atoms with Crippen LogP contribution in [0.2, 0.25) is 0 Å². The summed E-state index contributed by atoms with van der Waals surface area (Å²) in [6, 6.07) is -0.856. The molecule has 0 aliphatic carbocycles. The second kappa shape index (κ2) is 10.7. The summed E-state index contributed by atoms with van der Waals surface area (Å²) in [5, 5.41) is 18.4. The van der Waals surface area contributed by atoms with Gasteiger partial charge in [0.05, 0.1) is 7.05 Å². The molecule has 2 amide bonds. The summed E-state index contributed by atoms with van der Waals surface area (Å²) in [6.45, 7) is 1.90. The van der Waals surface area contributed by atoms with Gasteiger partial charge in [0.15, 0.2) is 16.5 Å². The lowest BCUT2D eigenvalue weighted by Crippen LogP contribution is -2.74. The minimum absolute atomic E-state index is 0.0373. The summed E-state index contributed by atoms with van der Waals surface area (Å²) in [5.74, 6) is -1.54. The number of carboxylic acid groups (broad SMARTS) is 1. The number of hydrogen-bond acceptors (Lipinski definition) is 14. The summed E-state index contributed by atoms with van der Waals surface area (Å²) < 4.78 is 1.53. The van der Waals surface area contributed by atoms with Crippen LogP contribution in [0.1, 0.15) is 12.6 Å². The van der Waals surface area contributed by atoms with Crippen LogP contribution in [-0.2, 0) is 26.3 Å². The molecule has 0 saturated carbocycles. The third-order valence-corrected chi connectivity index (χ3v) is 9.63. The molecule has 38 heavy (non-hydrogen) atoms. The van der Waals surface area contributed by atoms with E-state index in [0.717, 1.165) is 23.1 Å². The molecule has 4 rings (SSSR count). The molecule has 2 aromatic rings. The Morgan fingerprint density at radius 1 is 1.37 bits per heavy atom. The molecular formula is C20H27N10O5S3+. The number of thiazole rings is 1. The van der Waals surface area contributed by atoms with Crippen molar-refractivity contribution in [2.24, 2.45) is 17.6 Å². The van der Waals surface area contributed by atoms with E-state index in [1.54, 1.807) is 19.4 Å². The van der Waals surface area contributed by atoms with E-state index < -0.39 is 34.6 Å². The molecular weight excluding hydrogens is 556 g/mol. The number of carbonyl (C=O) groups is 3. The molecule has 204 valence electrons. The SMILES string of the molecule is CCON=C(C(=O)NC1C(=O)N2CC(CSc3nc(N)c(N)c(N)[n+]3C)(C(=O)O)CS[C@H]12)c1csc(N)n1. The van der Waals surface area contributed by atoms with Crippen molar-refractivity contribution < 1.29 is 28.9 Å². The van der Waals surface area contributed by atoms with Gasteiger partial charge in [-0.3, -0.25) is 14.4 Å². The molecule has 2 aromatic heterocycles. The number of nitrogens with one attached hydrogen (secondary N) is 1. The number of β-lactam (4-membered cyclic amide) rings is 1. The standard InChI is InChI=1S/C20H26N10O5S3/c1-3-35-28-10(8-4-36-18(24)25-8)14(31)26-11-15(32)30-5-20(17(33)34,6-37-16(11)30)7-38-19-27-12(22)9(21)13(23)29(19)2/h4,11,16H,3,5-7H2,1-2H3,(H9,21,22,23,24,25,26,28,31,33,34)/p+1/t11?,16-,20?/m1/s1. The predicted octanol–water partition coefficient (Wildman–Crippen LogP) is -1.30. The van der Waals surface area contributed by atoms with Gasteiger partial charge in [-0.05, 0) is 6.92 Å². The number of aliphatic carboxylic acids is 1. The largest absolute Gasteiger partial charge is 0.481 e. The normalized spacial score (nSPS) is 22.9. The maximum absolute atomic E-state index is 13.0. The van der Waals surface area contributed by atoms with Gasteiger partial charge in [-0.2, -0.15) is 0 Å². The van der Waals surface area contributed by atoms with Crippen molar-refractivity contribution in [3.05, 3.63) is 11.1 Å². The number of carbonyl (C=O) groups excluding carboxylic acids is 2. The first kappa shape index (κ1) is 27.5. The molecule has 18 heteroatoms. The Bertz CT molecular complexity index is 1320. The third-order valence-electron chi connectivity index (χ3n) is 6.04. The van der Waals surface area contributed by atoms with Gasteiger partial charge in [0.2, 0.25) is 17.5 Å². The first-order chi connectivity index (χ1) is 18.0. The van der Waals surface area contributed by atoms with Crippen molar-refractivity contribution in [1.82, 2.24) is 20.2 Å². The van der Waals surface area contributed by atoms with E-state index in [-0.39, 0.29) is 58.5 Å². The Morgan fingerprint density at radius 2 is 2.11 bits per heavy atom. The Kier molecular flexibility index (Phi) is 7.75. The monoisotopic (exact) mass is 583 g/mol. The lowest BCUT2D eigenvalue weighted by atomic mass is 9.89. The number of carboxylic acids is 1. The zero-order chi connectivity index (χ0) is 27.8. The van der Waals surface area contributed by atoms with E-state index in [9.17, 15) is 19.5 Å². The van der Waals surface area contributed by atoms with E-state index in [0.29, 0.717) is 5.16 Å². The maximum atomic E-state index is 13.0. The van der Waals surface area contributed by atoms with E-state index >= 15 is 0 Å². The molecule has 0 radical (unpaired) electrons. The molecule has 2 saturated heterocycles. The minimum Gasteiger partial charge on any atom is -0.481 e. The van der Waals surface area contributed by atoms with E-state index in [1.807, 2.05) is 0 Å².